The molecule has 15 heavy (non-hydrogen) atoms. The summed E-state index contributed by atoms with van der Waals surface area (Å²) < 4.78 is 5.07. The van der Waals surface area contributed by atoms with E-state index in [0.717, 1.165) is 0 Å². The predicted molar refractivity (Wildman–Crippen MR) is 63.7 cm³/mol. The second-order valence-electron chi connectivity index (χ2n) is 4.26. The lowest BCUT2D eigenvalue weighted by molar-refractivity contribution is -0.146. The van der Waals surface area contributed by atoms with E-state index in [9.17, 15) is 4.79 Å². The summed E-state index contributed by atoms with van der Waals surface area (Å²) in [7, 11) is 0. The fraction of sp³-hybridized carbons (Fsp3) is 0.800. The molecule has 0 aromatic heterocycles. The van der Waals surface area contributed by atoms with Gasteiger partial charge >= 0.3 is 5.97 Å². The van der Waals surface area contributed by atoms with E-state index in [1.807, 2.05) is 6.92 Å². The van der Waals surface area contributed by atoms with Crippen LogP contribution in [0.2, 0.25) is 0 Å². The van der Waals surface area contributed by atoms with E-state index in [2.05, 4.69) is 0 Å². The van der Waals surface area contributed by atoms with Crippen LogP contribution in [-0.4, -0.2) is 23.8 Å². The van der Waals surface area contributed by atoms with E-state index in [0.29, 0.717) is 13.0 Å². The number of nitrogens with one attached hydrogen (secondary N) is 1. The molecule has 0 aliphatic rings. The summed E-state index contributed by atoms with van der Waals surface area (Å²) in [6.07, 6.45) is 0.689. The van der Waals surface area contributed by atoms with Gasteiger partial charge < -0.3 is 10.5 Å². The molecular formula is C10H21ClN2O2. The van der Waals surface area contributed by atoms with Crippen molar-refractivity contribution in [1.82, 2.24) is 0 Å². The Kier molecular flexibility index (Phi) is 7.62. The molecule has 5 heteroatoms. The van der Waals surface area contributed by atoms with Gasteiger partial charge in [0.05, 0.1) is 0 Å². The molecule has 3 N–H and O–H groups in total. The lowest BCUT2D eigenvalue weighted by Gasteiger charge is -2.21. The van der Waals surface area contributed by atoms with Crippen LogP contribution in [0.15, 0.2) is 0 Å². The summed E-state index contributed by atoms with van der Waals surface area (Å²) in [4.78, 5) is 11.4. The Hall–Kier alpha value is -0.610. The Balaban J connectivity index is 0. The second kappa shape index (κ2) is 6.80. The van der Waals surface area contributed by atoms with Gasteiger partial charge in [-0.15, -0.1) is 12.4 Å². The molecule has 0 aromatic rings. The van der Waals surface area contributed by atoms with Crippen molar-refractivity contribution in [3.63, 3.8) is 0 Å². The van der Waals surface area contributed by atoms with Crippen LogP contribution >= 0.6 is 12.4 Å². The average Bonchev–Trinajstić information content (AvgIpc) is 2.03. The first-order valence-electron chi connectivity index (χ1n) is 4.83. The van der Waals surface area contributed by atoms with Gasteiger partial charge in [0.15, 0.2) is 0 Å². The molecule has 0 saturated heterocycles. The molecule has 0 aliphatic carbocycles. The number of carbonyl (C=O) groups excluding carboxylic acids is 1. The summed E-state index contributed by atoms with van der Waals surface area (Å²) in [5.74, 6) is -0.750. The molecule has 0 radical (unpaired) electrons. The number of ether oxygens (including phenoxy) is 1. The summed E-state index contributed by atoms with van der Waals surface area (Å²) in [5, 5.41) is 7.58. The predicted octanol–water partition coefficient (Wildman–Crippen LogP) is 1.75. The van der Waals surface area contributed by atoms with Crippen LogP contribution < -0.4 is 5.73 Å². The molecule has 0 saturated carbocycles. The van der Waals surface area contributed by atoms with Crippen molar-refractivity contribution in [3.05, 3.63) is 0 Å². The molecule has 0 amide bonds. The highest BCUT2D eigenvalue weighted by Gasteiger charge is 2.24. The van der Waals surface area contributed by atoms with Crippen molar-refractivity contribution < 1.29 is 9.53 Å². The molecule has 0 aromatic carbocycles. The molecule has 0 fully saturated rings. The van der Waals surface area contributed by atoms with Gasteiger partial charge in [0.2, 0.25) is 0 Å². The Morgan fingerprint density at radius 2 is 1.93 bits per heavy atom. The highest BCUT2D eigenvalue weighted by molar-refractivity contribution is 6.36. The topological polar surface area (TPSA) is 76.2 Å². The molecule has 0 spiro atoms. The maximum atomic E-state index is 11.4. The van der Waals surface area contributed by atoms with Crippen molar-refractivity contribution in [3.8, 4) is 0 Å². The molecule has 0 heterocycles. The van der Waals surface area contributed by atoms with Gasteiger partial charge in [-0.3, -0.25) is 5.41 Å². The van der Waals surface area contributed by atoms with E-state index in [1.54, 1.807) is 20.8 Å². The molecule has 90 valence electrons. The highest BCUT2D eigenvalue weighted by Crippen LogP contribution is 2.10. The van der Waals surface area contributed by atoms with Crippen LogP contribution in [0.5, 0.6) is 0 Å². The number of hydrogen-bond donors (Lipinski definition) is 2. The van der Waals surface area contributed by atoms with E-state index in [4.69, 9.17) is 15.9 Å². The molecule has 0 rings (SSSR count). The molecule has 0 unspecified atom stereocenters. The van der Waals surface area contributed by atoms with Gasteiger partial charge in [0.1, 0.15) is 11.3 Å². The third-order valence-corrected chi connectivity index (χ3v) is 1.80. The SMILES string of the molecule is CC[C@@H](CN)C(=N)C(=O)OC(C)(C)C.Cl. The number of rotatable bonds is 4. The van der Waals surface area contributed by atoms with Crippen LogP contribution in [0, 0.1) is 11.3 Å². The summed E-state index contributed by atoms with van der Waals surface area (Å²) in [6, 6.07) is 0. The van der Waals surface area contributed by atoms with Crippen molar-refractivity contribution in [1.29, 1.82) is 5.41 Å². The van der Waals surface area contributed by atoms with Crippen LogP contribution in [0.1, 0.15) is 34.1 Å². The summed E-state index contributed by atoms with van der Waals surface area (Å²) in [5.41, 5.74) is 4.87. The van der Waals surface area contributed by atoms with Crippen molar-refractivity contribution in [2.24, 2.45) is 11.7 Å². The normalized spacial score (nSPS) is 12.6. The van der Waals surface area contributed by atoms with Gasteiger partial charge in [-0.05, 0) is 27.2 Å². The largest absolute Gasteiger partial charge is 0.455 e. The quantitative estimate of drug-likeness (QED) is 0.577. The third kappa shape index (κ3) is 6.47. The molecule has 0 bridgehead atoms. The maximum absolute atomic E-state index is 11.4. The molecule has 1 atom stereocenters. The van der Waals surface area contributed by atoms with E-state index in [1.165, 1.54) is 0 Å². The summed E-state index contributed by atoms with van der Waals surface area (Å²) in [6.45, 7) is 7.55. The van der Waals surface area contributed by atoms with Crippen LogP contribution in [-0.2, 0) is 9.53 Å². The van der Waals surface area contributed by atoms with Gasteiger partial charge in [0.25, 0.3) is 0 Å². The Labute approximate surface area is 97.5 Å². The Bertz CT molecular complexity index is 220. The lowest BCUT2D eigenvalue weighted by atomic mass is 10.0. The minimum atomic E-state index is -0.560. The van der Waals surface area contributed by atoms with Crippen LogP contribution in [0.4, 0.5) is 0 Å². The van der Waals surface area contributed by atoms with Gasteiger partial charge in [-0.1, -0.05) is 6.92 Å². The number of carbonyl (C=O) groups is 1. The summed E-state index contributed by atoms with van der Waals surface area (Å²) >= 11 is 0. The second-order valence-corrected chi connectivity index (χ2v) is 4.26. The monoisotopic (exact) mass is 236 g/mol. The third-order valence-electron chi connectivity index (χ3n) is 1.80. The number of esters is 1. The minimum absolute atomic E-state index is 0. The number of hydrogen-bond acceptors (Lipinski definition) is 4. The fourth-order valence-corrected chi connectivity index (χ4v) is 0.988. The smallest absolute Gasteiger partial charge is 0.352 e. The first-order chi connectivity index (χ1) is 6.31. The Morgan fingerprint density at radius 1 is 1.47 bits per heavy atom. The maximum Gasteiger partial charge on any atom is 0.352 e. The van der Waals surface area contributed by atoms with Gasteiger partial charge in [-0.25, -0.2) is 4.79 Å². The number of nitrogens with two attached hydrogens (primary N) is 1. The van der Waals surface area contributed by atoms with Crippen molar-refractivity contribution in [2.45, 2.75) is 39.7 Å². The number of halogens is 1. The van der Waals surface area contributed by atoms with Gasteiger partial charge in [-0.2, -0.15) is 0 Å². The van der Waals surface area contributed by atoms with Gasteiger partial charge in [0, 0.05) is 12.5 Å². The minimum Gasteiger partial charge on any atom is -0.455 e. The zero-order chi connectivity index (χ0) is 11.4. The van der Waals surface area contributed by atoms with Crippen molar-refractivity contribution >= 4 is 24.1 Å². The van der Waals surface area contributed by atoms with E-state index < -0.39 is 11.6 Å². The molecular weight excluding hydrogens is 216 g/mol. The first kappa shape index (κ1) is 16.8. The lowest BCUT2D eigenvalue weighted by Crippen LogP contribution is -2.34. The first-order valence-corrected chi connectivity index (χ1v) is 4.83. The van der Waals surface area contributed by atoms with Crippen LogP contribution in [0.25, 0.3) is 0 Å². The van der Waals surface area contributed by atoms with E-state index >= 15 is 0 Å². The van der Waals surface area contributed by atoms with Crippen molar-refractivity contribution in [2.75, 3.05) is 6.54 Å². The van der Waals surface area contributed by atoms with Crippen LogP contribution in [0.3, 0.4) is 0 Å². The zero-order valence-electron chi connectivity index (χ0n) is 9.79. The molecule has 4 nitrogen and oxygen atoms in total. The Morgan fingerprint density at radius 3 is 2.20 bits per heavy atom. The average molecular weight is 237 g/mol. The highest BCUT2D eigenvalue weighted by atomic mass is 35.5. The van der Waals surface area contributed by atoms with E-state index in [-0.39, 0.29) is 24.0 Å². The molecule has 0 aliphatic heterocycles. The zero-order valence-corrected chi connectivity index (χ0v) is 10.6. The fourth-order valence-electron chi connectivity index (χ4n) is 0.988. The standard InChI is InChI=1S/C10H20N2O2.ClH/c1-5-7(6-11)8(12)9(13)14-10(2,3)4;/h7,12H,5-6,11H2,1-4H3;1H/t7-;/m0./s1.